The van der Waals surface area contributed by atoms with E-state index >= 15 is 0 Å². The van der Waals surface area contributed by atoms with Crippen molar-refractivity contribution >= 4 is 0 Å². The fourth-order valence-corrected chi connectivity index (χ4v) is 2.27. The minimum absolute atomic E-state index is 0.383. The van der Waals surface area contributed by atoms with Gasteiger partial charge in [0.2, 0.25) is 0 Å². The van der Waals surface area contributed by atoms with Gasteiger partial charge in [-0.2, -0.15) is 0 Å². The van der Waals surface area contributed by atoms with E-state index in [-0.39, 0.29) is 0 Å². The fourth-order valence-electron chi connectivity index (χ4n) is 2.27. The highest BCUT2D eigenvalue weighted by molar-refractivity contribution is 5.47. The van der Waals surface area contributed by atoms with Crippen LogP contribution in [0.4, 0.5) is 0 Å². The second kappa shape index (κ2) is 4.69. The molecule has 0 saturated heterocycles. The Kier molecular flexibility index (Phi) is 3.78. The predicted molar refractivity (Wildman–Crippen MR) is 65.7 cm³/mol. The van der Waals surface area contributed by atoms with E-state index in [1.54, 1.807) is 0 Å². The first-order chi connectivity index (χ1) is 6.99. The SMILES string of the molecule is CCc1ccc(O)c(C(C)C)c1C(C)C. The normalized spacial score (nSPS) is 11.4. The highest BCUT2D eigenvalue weighted by Gasteiger charge is 2.17. The molecular formula is C14H22O. The Hall–Kier alpha value is -0.980. The highest BCUT2D eigenvalue weighted by atomic mass is 16.3. The summed E-state index contributed by atoms with van der Waals surface area (Å²) in [5, 5.41) is 9.93. The molecule has 0 fully saturated rings. The molecule has 1 N–H and O–H groups in total. The molecule has 0 aliphatic carbocycles. The van der Waals surface area contributed by atoms with Gasteiger partial charge in [-0.25, -0.2) is 0 Å². The first-order valence-corrected chi connectivity index (χ1v) is 5.83. The Labute approximate surface area is 93.1 Å². The van der Waals surface area contributed by atoms with Crippen LogP contribution in [-0.4, -0.2) is 5.11 Å². The Balaban J connectivity index is 3.44. The lowest BCUT2D eigenvalue weighted by Crippen LogP contribution is -2.03. The zero-order valence-electron chi connectivity index (χ0n) is 10.5. The van der Waals surface area contributed by atoms with Crippen molar-refractivity contribution in [2.45, 2.75) is 52.9 Å². The summed E-state index contributed by atoms with van der Waals surface area (Å²) in [6.07, 6.45) is 1.04. The Morgan fingerprint density at radius 3 is 1.93 bits per heavy atom. The van der Waals surface area contributed by atoms with Crippen LogP contribution >= 0.6 is 0 Å². The maximum atomic E-state index is 9.93. The second-order valence-electron chi connectivity index (χ2n) is 4.73. The Morgan fingerprint density at radius 1 is 1.00 bits per heavy atom. The average molecular weight is 206 g/mol. The third-order valence-corrected chi connectivity index (χ3v) is 2.89. The van der Waals surface area contributed by atoms with Gasteiger partial charge in [0.1, 0.15) is 5.75 Å². The van der Waals surface area contributed by atoms with Crippen LogP contribution in [0.15, 0.2) is 12.1 Å². The molecule has 0 amide bonds. The molecule has 0 spiro atoms. The monoisotopic (exact) mass is 206 g/mol. The minimum Gasteiger partial charge on any atom is -0.508 e. The zero-order valence-corrected chi connectivity index (χ0v) is 10.5. The molecule has 84 valence electrons. The van der Waals surface area contributed by atoms with Gasteiger partial charge >= 0.3 is 0 Å². The molecule has 0 bridgehead atoms. The van der Waals surface area contributed by atoms with Gasteiger partial charge in [0, 0.05) is 5.56 Å². The molecule has 15 heavy (non-hydrogen) atoms. The largest absolute Gasteiger partial charge is 0.508 e. The summed E-state index contributed by atoms with van der Waals surface area (Å²) in [7, 11) is 0. The van der Waals surface area contributed by atoms with Gasteiger partial charge in [0.25, 0.3) is 0 Å². The molecule has 1 aromatic rings. The molecule has 0 aliphatic rings. The number of hydrogen-bond acceptors (Lipinski definition) is 1. The summed E-state index contributed by atoms with van der Waals surface area (Å²) < 4.78 is 0. The molecule has 0 saturated carbocycles. The van der Waals surface area contributed by atoms with Crippen molar-refractivity contribution in [3.8, 4) is 5.75 Å². The Bertz CT molecular complexity index is 337. The van der Waals surface area contributed by atoms with Gasteiger partial charge in [-0.3, -0.25) is 0 Å². The van der Waals surface area contributed by atoms with Crippen LogP contribution in [0.1, 0.15) is 63.1 Å². The molecule has 1 heteroatoms. The molecule has 0 radical (unpaired) electrons. The summed E-state index contributed by atoms with van der Waals surface area (Å²) in [6.45, 7) is 10.8. The number of phenolic OH excluding ortho intramolecular Hbond substituents is 1. The number of benzene rings is 1. The van der Waals surface area contributed by atoms with Crippen LogP contribution in [0, 0.1) is 0 Å². The van der Waals surface area contributed by atoms with Crippen molar-refractivity contribution in [2.24, 2.45) is 0 Å². The van der Waals surface area contributed by atoms with Gasteiger partial charge in [-0.1, -0.05) is 40.7 Å². The van der Waals surface area contributed by atoms with Gasteiger partial charge in [-0.15, -0.1) is 0 Å². The molecule has 0 atom stereocenters. The standard InChI is InChI=1S/C14H22O/c1-6-11-7-8-12(15)14(10(4)5)13(11)9(2)3/h7-10,15H,6H2,1-5H3. The third-order valence-electron chi connectivity index (χ3n) is 2.89. The van der Waals surface area contributed by atoms with Crippen LogP contribution in [0.2, 0.25) is 0 Å². The van der Waals surface area contributed by atoms with Crippen molar-refractivity contribution in [3.63, 3.8) is 0 Å². The van der Waals surface area contributed by atoms with Crippen molar-refractivity contribution in [3.05, 3.63) is 28.8 Å². The van der Waals surface area contributed by atoms with E-state index in [2.05, 4.69) is 40.7 Å². The molecule has 1 rings (SSSR count). The number of aromatic hydroxyl groups is 1. The van der Waals surface area contributed by atoms with Crippen LogP contribution in [-0.2, 0) is 6.42 Å². The van der Waals surface area contributed by atoms with Gasteiger partial charge < -0.3 is 5.11 Å². The summed E-state index contributed by atoms with van der Waals surface area (Å²) in [4.78, 5) is 0. The molecule has 0 aromatic heterocycles. The van der Waals surface area contributed by atoms with Crippen molar-refractivity contribution in [1.82, 2.24) is 0 Å². The van der Waals surface area contributed by atoms with E-state index < -0.39 is 0 Å². The zero-order chi connectivity index (χ0) is 11.6. The number of aryl methyl sites for hydroxylation is 1. The van der Waals surface area contributed by atoms with Crippen molar-refractivity contribution in [1.29, 1.82) is 0 Å². The third kappa shape index (κ3) is 2.34. The number of phenols is 1. The maximum absolute atomic E-state index is 9.93. The molecule has 0 unspecified atom stereocenters. The summed E-state index contributed by atoms with van der Waals surface area (Å²) in [6, 6.07) is 3.89. The molecular weight excluding hydrogens is 184 g/mol. The van der Waals surface area contributed by atoms with E-state index in [1.165, 1.54) is 11.1 Å². The van der Waals surface area contributed by atoms with Crippen LogP contribution in [0.3, 0.4) is 0 Å². The molecule has 1 nitrogen and oxygen atoms in total. The number of rotatable bonds is 3. The Morgan fingerprint density at radius 2 is 1.53 bits per heavy atom. The van der Waals surface area contributed by atoms with Crippen molar-refractivity contribution in [2.75, 3.05) is 0 Å². The van der Waals surface area contributed by atoms with Crippen LogP contribution < -0.4 is 0 Å². The molecule has 0 aliphatic heterocycles. The number of hydrogen-bond donors (Lipinski definition) is 1. The van der Waals surface area contributed by atoms with Gasteiger partial charge in [-0.05, 0) is 35.4 Å². The molecule has 0 heterocycles. The maximum Gasteiger partial charge on any atom is 0.119 e. The summed E-state index contributed by atoms with van der Waals surface area (Å²) in [5.41, 5.74) is 3.84. The fraction of sp³-hybridized carbons (Fsp3) is 0.571. The van der Waals surface area contributed by atoms with Crippen LogP contribution in [0.25, 0.3) is 0 Å². The highest BCUT2D eigenvalue weighted by Crippen LogP contribution is 2.35. The van der Waals surface area contributed by atoms with E-state index in [0.29, 0.717) is 17.6 Å². The van der Waals surface area contributed by atoms with E-state index in [9.17, 15) is 5.11 Å². The first-order valence-electron chi connectivity index (χ1n) is 5.83. The lowest BCUT2D eigenvalue weighted by Gasteiger charge is -2.21. The van der Waals surface area contributed by atoms with Gasteiger partial charge in [0.05, 0.1) is 0 Å². The topological polar surface area (TPSA) is 20.2 Å². The molecule has 1 aromatic carbocycles. The van der Waals surface area contributed by atoms with Crippen LogP contribution in [0.5, 0.6) is 5.75 Å². The lowest BCUT2D eigenvalue weighted by atomic mass is 9.85. The van der Waals surface area contributed by atoms with Crippen molar-refractivity contribution < 1.29 is 5.11 Å². The minimum atomic E-state index is 0.383. The first kappa shape index (κ1) is 12.1. The van der Waals surface area contributed by atoms with E-state index in [0.717, 1.165) is 12.0 Å². The van der Waals surface area contributed by atoms with Gasteiger partial charge in [0.15, 0.2) is 0 Å². The quantitative estimate of drug-likeness (QED) is 0.785. The predicted octanol–water partition coefficient (Wildman–Crippen LogP) is 4.20. The van der Waals surface area contributed by atoms with E-state index in [4.69, 9.17) is 0 Å². The smallest absolute Gasteiger partial charge is 0.119 e. The summed E-state index contributed by atoms with van der Waals surface area (Å²) in [5.74, 6) is 1.31. The average Bonchev–Trinajstić information content (AvgIpc) is 2.16. The lowest BCUT2D eigenvalue weighted by molar-refractivity contribution is 0.462. The second-order valence-corrected chi connectivity index (χ2v) is 4.73. The summed E-state index contributed by atoms with van der Waals surface area (Å²) >= 11 is 0. The van der Waals surface area contributed by atoms with E-state index in [1.807, 2.05) is 6.07 Å².